The Morgan fingerprint density at radius 3 is 2.86 bits per heavy atom. The average Bonchev–Trinajstić information content (AvgIpc) is 3.14. The van der Waals surface area contributed by atoms with Crippen LogP contribution in [0.5, 0.6) is 0 Å². The van der Waals surface area contributed by atoms with Crippen LogP contribution in [0.15, 0.2) is 60.2 Å². The molecule has 0 amide bonds. The molecule has 1 aromatic carbocycles. The number of nitrogens with one attached hydrogen (secondary N) is 1. The van der Waals surface area contributed by atoms with Crippen LogP contribution in [0.2, 0.25) is 0 Å². The van der Waals surface area contributed by atoms with Gasteiger partial charge in [0.25, 0.3) is 0 Å². The molecule has 4 heteroatoms. The summed E-state index contributed by atoms with van der Waals surface area (Å²) in [6.45, 7) is 0. The summed E-state index contributed by atoms with van der Waals surface area (Å²) >= 11 is 1.67. The molecule has 3 aromatic heterocycles. The summed E-state index contributed by atoms with van der Waals surface area (Å²) in [4.78, 5) is 12.2. The molecule has 0 aliphatic heterocycles. The molecule has 0 radical (unpaired) electrons. The van der Waals surface area contributed by atoms with E-state index in [0.29, 0.717) is 0 Å². The van der Waals surface area contributed by atoms with Crippen molar-refractivity contribution >= 4 is 22.2 Å². The highest BCUT2D eigenvalue weighted by Gasteiger charge is 2.08. The number of fused-ring (bicyclic) bond motifs is 1. The number of aromatic amines is 1. The van der Waals surface area contributed by atoms with E-state index < -0.39 is 0 Å². The maximum Gasteiger partial charge on any atom is 0.139 e. The van der Waals surface area contributed by atoms with Crippen molar-refractivity contribution in [3.05, 3.63) is 71.5 Å². The number of benzene rings is 1. The van der Waals surface area contributed by atoms with Gasteiger partial charge in [-0.15, -0.1) is 11.3 Å². The summed E-state index contributed by atoms with van der Waals surface area (Å²) in [6, 6.07) is 14.6. The molecule has 1 N–H and O–H groups in total. The maximum absolute atomic E-state index is 4.74. The van der Waals surface area contributed by atoms with Crippen molar-refractivity contribution in [2.45, 2.75) is 6.42 Å². The van der Waals surface area contributed by atoms with Gasteiger partial charge in [-0.1, -0.05) is 30.3 Å². The van der Waals surface area contributed by atoms with Gasteiger partial charge in [-0.25, -0.2) is 4.98 Å². The average molecular weight is 291 g/mol. The van der Waals surface area contributed by atoms with Gasteiger partial charge < -0.3 is 4.98 Å². The largest absolute Gasteiger partial charge is 0.351 e. The highest BCUT2D eigenvalue weighted by molar-refractivity contribution is 7.13. The lowest BCUT2D eigenvalue weighted by Gasteiger charge is -1.96. The first-order valence-corrected chi connectivity index (χ1v) is 7.68. The van der Waals surface area contributed by atoms with Crippen molar-refractivity contribution in [1.82, 2.24) is 15.0 Å². The Bertz CT molecular complexity index is 844. The molecule has 0 saturated heterocycles. The van der Waals surface area contributed by atoms with Gasteiger partial charge in [0.2, 0.25) is 0 Å². The van der Waals surface area contributed by atoms with Crippen LogP contribution in [0.25, 0.3) is 21.6 Å². The lowest BCUT2D eigenvalue weighted by atomic mass is 10.1. The second-order valence-electron chi connectivity index (χ2n) is 4.95. The summed E-state index contributed by atoms with van der Waals surface area (Å²) in [5.74, 6) is 0. The molecule has 0 saturated carbocycles. The maximum atomic E-state index is 4.74. The summed E-state index contributed by atoms with van der Waals surface area (Å²) in [5.41, 5.74) is 4.50. The van der Waals surface area contributed by atoms with Crippen LogP contribution in [0, 0.1) is 0 Å². The Hall–Kier alpha value is -2.46. The van der Waals surface area contributed by atoms with Crippen LogP contribution < -0.4 is 0 Å². The molecule has 0 aliphatic carbocycles. The smallest absolute Gasteiger partial charge is 0.139 e. The molecule has 4 aromatic rings. The molecule has 3 heterocycles. The third kappa shape index (κ3) is 2.45. The van der Waals surface area contributed by atoms with Crippen molar-refractivity contribution in [1.29, 1.82) is 0 Å². The molecule has 0 spiro atoms. The molecular formula is C17H13N3S. The molecule has 0 aliphatic rings. The van der Waals surface area contributed by atoms with E-state index in [-0.39, 0.29) is 0 Å². The highest BCUT2D eigenvalue weighted by atomic mass is 32.1. The number of thiazole rings is 1. The van der Waals surface area contributed by atoms with E-state index in [1.54, 1.807) is 11.3 Å². The van der Waals surface area contributed by atoms with E-state index in [1.807, 2.05) is 24.5 Å². The monoisotopic (exact) mass is 291 g/mol. The molecule has 3 nitrogen and oxygen atoms in total. The van der Waals surface area contributed by atoms with E-state index in [9.17, 15) is 0 Å². The molecule has 21 heavy (non-hydrogen) atoms. The number of hydrogen-bond acceptors (Lipinski definition) is 3. The van der Waals surface area contributed by atoms with Crippen LogP contribution in [0.4, 0.5) is 0 Å². The standard InChI is InChI=1S/C17H13N3S/c1-2-4-12(5-3-1)8-14-11-21-17(19-14)15-9-13-6-7-18-10-16(13)20-15/h1-7,9-11,20H,8H2. The summed E-state index contributed by atoms with van der Waals surface area (Å²) < 4.78 is 0. The van der Waals surface area contributed by atoms with Crippen LogP contribution in [-0.2, 0) is 6.42 Å². The Labute approximate surface area is 126 Å². The van der Waals surface area contributed by atoms with Gasteiger partial charge in [0.05, 0.1) is 23.1 Å². The number of nitrogens with zero attached hydrogens (tertiary/aromatic N) is 2. The fourth-order valence-electron chi connectivity index (χ4n) is 2.40. The Morgan fingerprint density at radius 1 is 1.10 bits per heavy atom. The van der Waals surface area contributed by atoms with Crippen LogP contribution in [0.3, 0.4) is 0 Å². The Balaban J connectivity index is 1.64. The normalized spacial score (nSPS) is 11.0. The predicted octanol–water partition coefficient (Wildman–Crippen LogP) is 4.28. The summed E-state index contributed by atoms with van der Waals surface area (Å²) in [5, 5.41) is 4.32. The van der Waals surface area contributed by atoms with Crippen molar-refractivity contribution in [3.8, 4) is 10.7 Å². The minimum absolute atomic E-state index is 0.874. The lowest BCUT2D eigenvalue weighted by Crippen LogP contribution is -1.87. The fraction of sp³-hybridized carbons (Fsp3) is 0.0588. The molecule has 0 bridgehead atoms. The molecule has 0 atom stereocenters. The Kier molecular flexibility index (Phi) is 3.01. The highest BCUT2D eigenvalue weighted by Crippen LogP contribution is 2.27. The second kappa shape index (κ2) is 5.14. The van der Waals surface area contributed by atoms with E-state index in [2.05, 4.69) is 45.7 Å². The number of aromatic nitrogens is 3. The van der Waals surface area contributed by atoms with Gasteiger partial charge in [0.1, 0.15) is 5.01 Å². The van der Waals surface area contributed by atoms with E-state index in [0.717, 1.165) is 28.3 Å². The van der Waals surface area contributed by atoms with E-state index in [4.69, 9.17) is 4.98 Å². The van der Waals surface area contributed by atoms with Crippen molar-refractivity contribution in [2.24, 2.45) is 0 Å². The van der Waals surface area contributed by atoms with Crippen LogP contribution in [0.1, 0.15) is 11.3 Å². The van der Waals surface area contributed by atoms with Crippen molar-refractivity contribution < 1.29 is 0 Å². The minimum Gasteiger partial charge on any atom is -0.351 e. The minimum atomic E-state index is 0.874. The first-order valence-electron chi connectivity index (χ1n) is 6.80. The SMILES string of the molecule is c1ccc(Cc2csc(-c3cc4ccncc4[nH]3)n2)cc1. The summed E-state index contributed by atoms with van der Waals surface area (Å²) in [7, 11) is 0. The quantitative estimate of drug-likeness (QED) is 0.612. The third-order valence-electron chi connectivity index (χ3n) is 3.43. The predicted molar refractivity (Wildman–Crippen MR) is 86.4 cm³/mol. The van der Waals surface area contributed by atoms with Gasteiger partial charge in [-0.3, -0.25) is 4.98 Å². The molecule has 0 unspecified atom stereocenters. The zero-order valence-electron chi connectivity index (χ0n) is 11.3. The van der Waals surface area contributed by atoms with Gasteiger partial charge in [-0.2, -0.15) is 0 Å². The van der Waals surface area contributed by atoms with Crippen molar-refractivity contribution in [2.75, 3.05) is 0 Å². The van der Waals surface area contributed by atoms with Gasteiger partial charge in [-0.05, 0) is 17.7 Å². The van der Waals surface area contributed by atoms with Crippen LogP contribution in [-0.4, -0.2) is 15.0 Å². The van der Waals surface area contributed by atoms with Crippen LogP contribution >= 0.6 is 11.3 Å². The molecule has 4 rings (SSSR count). The Morgan fingerprint density at radius 2 is 2.00 bits per heavy atom. The third-order valence-corrected chi connectivity index (χ3v) is 4.36. The summed E-state index contributed by atoms with van der Waals surface area (Å²) in [6.07, 6.45) is 4.53. The van der Waals surface area contributed by atoms with Gasteiger partial charge >= 0.3 is 0 Å². The second-order valence-corrected chi connectivity index (χ2v) is 5.81. The zero-order valence-corrected chi connectivity index (χ0v) is 12.1. The number of hydrogen-bond donors (Lipinski definition) is 1. The topological polar surface area (TPSA) is 41.6 Å². The lowest BCUT2D eigenvalue weighted by molar-refractivity contribution is 1.11. The van der Waals surface area contributed by atoms with Gasteiger partial charge in [0.15, 0.2) is 0 Å². The van der Waals surface area contributed by atoms with E-state index in [1.165, 1.54) is 10.9 Å². The first-order chi connectivity index (χ1) is 10.4. The first kappa shape index (κ1) is 12.3. The zero-order chi connectivity index (χ0) is 14.1. The molecular weight excluding hydrogens is 278 g/mol. The fourth-order valence-corrected chi connectivity index (χ4v) is 3.19. The molecule has 0 fully saturated rings. The number of pyridine rings is 1. The van der Waals surface area contributed by atoms with Crippen molar-refractivity contribution in [3.63, 3.8) is 0 Å². The van der Waals surface area contributed by atoms with E-state index >= 15 is 0 Å². The number of rotatable bonds is 3. The number of H-pyrrole nitrogens is 1. The molecule has 102 valence electrons. The van der Waals surface area contributed by atoms with Gasteiger partial charge in [0, 0.05) is 23.4 Å².